The van der Waals surface area contributed by atoms with Crippen molar-refractivity contribution in [3.05, 3.63) is 53.8 Å². The van der Waals surface area contributed by atoms with Crippen LogP contribution in [0, 0.1) is 5.82 Å². The third-order valence-electron chi connectivity index (χ3n) is 5.21. The number of hydrogen-bond donors (Lipinski definition) is 3. The monoisotopic (exact) mass is 430 g/mol. The normalized spacial score (nSPS) is 15.4. The molecule has 31 heavy (non-hydrogen) atoms. The van der Waals surface area contributed by atoms with Gasteiger partial charge in [-0.2, -0.15) is 0 Å². The van der Waals surface area contributed by atoms with E-state index in [1.54, 1.807) is 18.2 Å². The number of carbonyl (C=O) groups is 2. The summed E-state index contributed by atoms with van der Waals surface area (Å²) in [5.74, 6) is -1.38. The fourth-order valence-electron chi connectivity index (χ4n) is 3.51. The molecule has 1 saturated heterocycles. The predicted molar refractivity (Wildman–Crippen MR) is 113 cm³/mol. The van der Waals surface area contributed by atoms with Gasteiger partial charge in [0.1, 0.15) is 11.6 Å². The smallest absolute Gasteiger partial charge is 0.254 e. The molecule has 2 atom stereocenters. The van der Waals surface area contributed by atoms with Gasteiger partial charge in [0.05, 0.1) is 6.61 Å². The SMILES string of the molecule is CCOc1cc(F)ccc1-c1ccc(CNC(=O)[C@H](O)[C@@H](O)C(=O)N2CCCC2)cc1. The summed E-state index contributed by atoms with van der Waals surface area (Å²) >= 11 is 0. The lowest BCUT2D eigenvalue weighted by molar-refractivity contribution is -0.152. The van der Waals surface area contributed by atoms with E-state index in [2.05, 4.69) is 5.32 Å². The average molecular weight is 430 g/mol. The largest absolute Gasteiger partial charge is 0.493 e. The number of rotatable bonds is 8. The van der Waals surface area contributed by atoms with Crippen molar-refractivity contribution < 1.29 is 28.9 Å². The van der Waals surface area contributed by atoms with Crippen molar-refractivity contribution in [2.75, 3.05) is 19.7 Å². The van der Waals surface area contributed by atoms with Gasteiger partial charge in [-0.1, -0.05) is 24.3 Å². The van der Waals surface area contributed by atoms with Gasteiger partial charge in [0.25, 0.3) is 11.8 Å². The van der Waals surface area contributed by atoms with Gasteiger partial charge in [0.2, 0.25) is 0 Å². The summed E-state index contributed by atoms with van der Waals surface area (Å²) < 4.78 is 19.0. The number of nitrogens with zero attached hydrogens (tertiary/aromatic N) is 1. The molecule has 0 spiro atoms. The second-order valence-electron chi connectivity index (χ2n) is 7.41. The van der Waals surface area contributed by atoms with E-state index < -0.39 is 24.0 Å². The molecule has 0 bridgehead atoms. The Kier molecular flexibility index (Phi) is 7.59. The van der Waals surface area contributed by atoms with Gasteiger partial charge in [0, 0.05) is 31.3 Å². The number of ether oxygens (including phenoxy) is 1. The molecule has 1 aliphatic heterocycles. The maximum atomic E-state index is 13.5. The lowest BCUT2D eigenvalue weighted by atomic mass is 10.0. The number of hydrogen-bond acceptors (Lipinski definition) is 5. The van der Waals surface area contributed by atoms with Gasteiger partial charge in [-0.25, -0.2) is 4.39 Å². The van der Waals surface area contributed by atoms with Crippen molar-refractivity contribution in [1.82, 2.24) is 10.2 Å². The molecule has 1 fully saturated rings. The van der Waals surface area contributed by atoms with Crippen LogP contribution in [0.4, 0.5) is 4.39 Å². The van der Waals surface area contributed by atoms with Crippen molar-refractivity contribution in [2.45, 2.75) is 38.5 Å². The zero-order chi connectivity index (χ0) is 22.4. The van der Waals surface area contributed by atoms with Crippen molar-refractivity contribution in [2.24, 2.45) is 0 Å². The molecule has 0 saturated carbocycles. The van der Waals surface area contributed by atoms with Crippen LogP contribution in [0.3, 0.4) is 0 Å². The molecule has 0 aromatic heterocycles. The van der Waals surface area contributed by atoms with E-state index in [0.717, 1.165) is 29.5 Å². The first-order chi connectivity index (χ1) is 14.9. The molecule has 8 heteroatoms. The number of amides is 2. The van der Waals surface area contributed by atoms with Crippen LogP contribution < -0.4 is 10.1 Å². The number of likely N-dealkylation sites (tertiary alicyclic amines) is 1. The Morgan fingerprint density at radius 3 is 2.42 bits per heavy atom. The fourth-order valence-corrected chi connectivity index (χ4v) is 3.51. The van der Waals surface area contributed by atoms with Crippen LogP contribution in [0.15, 0.2) is 42.5 Å². The first-order valence-electron chi connectivity index (χ1n) is 10.3. The molecule has 3 N–H and O–H groups in total. The third kappa shape index (κ3) is 5.59. The van der Waals surface area contributed by atoms with Crippen LogP contribution in [-0.4, -0.2) is 58.8 Å². The molecule has 1 aliphatic rings. The molecule has 1 heterocycles. The van der Waals surface area contributed by atoms with Gasteiger partial charge in [-0.15, -0.1) is 0 Å². The number of carbonyl (C=O) groups excluding carboxylic acids is 2. The Morgan fingerprint density at radius 1 is 1.10 bits per heavy atom. The van der Waals surface area contributed by atoms with Crippen molar-refractivity contribution in [3.63, 3.8) is 0 Å². The van der Waals surface area contributed by atoms with Crippen LogP contribution in [0.2, 0.25) is 0 Å². The molecule has 2 aromatic carbocycles. The molecule has 0 unspecified atom stereocenters. The summed E-state index contributed by atoms with van der Waals surface area (Å²) in [5.41, 5.74) is 2.33. The summed E-state index contributed by atoms with van der Waals surface area (Å²) in [4.78, 5) is 25.8. The van der Waals surface area contributed by atoms with Crippen LogP contribution in [-0.2, 0) is 16.1 Å². The number of aliphatic hydroxyl groups is 2. The minimum absolute atomic E-state index is 0.114. The standard InChI is InChI=1S/C23H27FN2O5/c1-2-31-19-13-17(24)9-10-18(19)16-7-5-15(6-8-16)14-25-22(29)20(27)21(28)23(30)26-11-3-4-12-26/h5-10,13,20-21,27-28H,2-4,11-12,14H2,1H3,(H,25,29)/t20-,21-/m1/s1. The first-order valence-corrected chi connectivity index (χ1v) is 10.3. The molecule has 0 aliphatic carbocycles. The second-order valence-corrected chi connectivity index (χ2v) is 7.41. The highest BCUT2D eigenvalue weighted by atomic mass is 19.1. The fraction of sp³-hybridized carbons (Fsp3) is 0.391. The topological polar surface area (TPSA) is 99.1 Å². The van der Waals surface area contributed by atoms with E-state index >= 15 is 0 Å². The number of halogens is 1. The molecule has 2 aromatic rings. The predicted octanol–water partition coefficient (Wildman–Crippen LogP) is 1.85. The van der Waals surface area contributed by atoms with Gasteiger partial charge in [-0.05, 0) is 43.0 Å². The summed E-state index contributed by atoms with van der Waals surface area (Å²) in [6, 6.07) is 11.6. The van der Waals surface area contributed by atoms with Crippen LogP contribution in [0.1, 0.15) is 25.3 Å². The maximum absolute atomic E-state index is 13.5. The molecule has 7 nitrogen and oxygen atoms in total. The maximum Gasteiger partial charge on any atom is 0.254 e. The minimum Gasteiger partial charge on any atom is -0.493 e. The number of nitrogens with one attached hydrogen (secondary N) is 1. The zero-order valence-corrected chi connectivity index (χ0v) is 17.4. The first kappa shape index (κ1) is 22.7. The number of aliphatic hydroxyl groups excluding tert-OH is 2. The molecule has 166 valence electrons. The van der Waals surface area contributed by atoms with Gasteiger partial charge in [0.15, 0.2) is 12.2 Å². The quantitative estimate of drug-likeness (QED) is 0.594. The number of benzene rings is 2. The average Bonchev–Trinajstić information content (AvgIpc) is 3.32. The highest BCUT2D eigenvalue weighted by Gasteiger charge is 2.34. The Morgan fingerprint density at radius 2 is 1.77 bits per heavy atom. The Labute approximate surface area is 180 Å². The summed E-state index contributed by atoms with van der Waals surface area (Å²) in [6.45, 7) is 3.40. The summed E-state index contributed by atoms with van der Waals surface area (Å²) in [5, 5.41) is 22.6. The Bertz CT molecular complexity index is 913. The van der Waals surface area contributed by atoms with Crippen molar-refractivity contribution >= 4 is 11.8 Å². The van der Waals surface area contributed by atoms with Gasteiger partial charge < -0.3 is 25.2 Å². The summed E-state index contributed by atoms with van der Waals surface area (Å²) in [7, 11) is 0. The van der Waals surface area contributed by atoms with Gasteiger partial charge >= 0.3 is 0 Å². The molecular formula is C23H27FN2O5. The summed E-state index contributed by atoms with van der Waals surface area (Å²) in [6.07, 6.45) is -1.92. The molecule has 2 amide bonds. The lowest BCUT2D eigenvalue weighted by Crippen LogP contribution is -2.50. The highest BCUT2D eigenvalue weighted by molar-refractivity contribution is 5.90. The lowest BCUT2D eigenvalue weighted by Gasteiger charge is -2.22. The van der Waals surface area contributed by atoms with Crippen LogP contribution in [0.25, 0.3) is 11.1 Å². The van der Waals surface area contributed by atoms with Gasteiger partial charge in [-0.3, -0.25) is 9.59 Å². The molecule has 3 rings (SSSR count). The third-order valence-corrected chi connectivity index (χ3v) is 5.21. The van der Waals surface area contributed by atoms with Crippen LogP contribution in [0.5, 0.6) is 5.75 Å². The minimum atomic E-state index is -1.83. The Hall–Kier alpha value is -2.97. The highest BCUT2D eigenvalue weighted by Crippen LogP contribution is 2.31. The Balaban J connectivity index is 1.59. The van der Waals surface area contributed by atoms with E-state index in [1.807, 2.05) is 19.1 Å². The van der Waals surface area contributed by atoms with Crippen LogP contribution >= 0.6 is 0 Å². The van der Waals surface area contributed by atoms with Crippen molar-refractivity contribution in [1.29, 1.82) is 0 Å². The molecule has 0 radical (unpaired) electrons. The van der Waals surface area contributed by atoms with E-state index in [9.17, 15) is 24.2 Å². The zero-order valence-electron chi connectivity index (χ0n) is 17.4. The van der Waals surface area contributed by atoms with Crippen molar-refractivity contribution in [3.8, 4) is 16.9 Å². The van der Waals surface area contributed by atoms with E-state index in [1.165, 1.54) is 17.0 Å². The van der Waals surface area contributed by atoms with E-state index in [0.29, 0.717) is 25.4 Å². The molecular weight excluding hydrogens is 403 g/mol. The second kappa shape index (κ2) is 10.4. The van der Waals surface area contributed by atoms with E-state index in [4.69, 9.17) is 4.74 Å². The van der Waals surface area contributed by atoms with E-state index in [-0.39, 0.29) is 12.4 Å².